The van der Waals surface area contributed by atoms with Crippen LogP contribution >= 0.6 is 11.6 Å². The molecule has 1 aromatic rings. The van der Waals surface area contributed by atoms with E-state index >= 15 is 0 Å². The second-order valence-corrected chi connectivity index (χ2v) is 2.63. The fourth-order valence-electron chi connectivity index (χ4n) is 0.789. The van der Waals surface area contributed by atoms with Crippen LogP contribution in [0.25, 0.3) is 0 Å². The molecule has 0 aliphatic rings. The minimum atomic E-state index is -1.56. The summed E-state index contributed by atoms with van der Waals surface area (Å²) in [6.07, 6.45) is 0. The van der Waals surface area contributed by atoms with E-state index in [9.17, 15) is 0 Å². The summed E-state index contributed by atoms with van der Waals surface area (Å²) in [4.78, 5) is 0. The third-order valence-corrected chi connectivity index (χ3v) is 1.74. The summed E-state index contributed by atoms with van der Waals surface area (Å²) in [5.41, 5.74) is 0.498. The van der Waals surface area contributed by atoms with Gasteiger partial charge >= 0.3 is 7.12 Å². The van der Waals surface area contributed by atoms with Crippen LogP contribution in [-0.4, -0.2) is 17.2 Å². The molecule has 0 saturated carbocycles. The first-order valence-electron chi connectivity index (χ1n) is 3.21. The van der Waals surface area contributed by atoms with E-state index in [1.54, 1.807) is 0 Å². The summed E-state index contributed by atoms with van der Waals surface area (Å²) < 4.78 is 0. The highest BCUT2D eigenvalue weighted by molar-refractivity contribution is 6.58. The second kappa shape index (κ2) is 3.59. The van der Waals surface area contributed by atoms with Gasteiger partial charge in [0, 0.05) is 0 Å². The molecule has 0 amide bonds. The van der Waals surface area contributed by atoms with Crippen molar-refractivity contribution in [1.82, 2.24) is 0 Å². The average molecular weight is 181 g/mol. The second-order valence-electron chi connectivity index (χ2n) is 2.22. The molecule has 0 atom stereocenters. The minimum absolute atomic E-state index is 0.238. The Balaban J connectivity index is 3.16. The van der Waals surface area contributed by atoms with Crippen LogP contribution in [0.3, 0.4) is 0 Å². The van der Waals surface area contributed by atoms with Gasteiger partial charge in [-0.2, -0.15) is 5.26 Å². The van der Waals surface area contributed by atoms with E-state index in [1.165, 1.54) is 18.2 Å². The summed E-state index contributed by atoms with van der Waals surface area (Å²) >= 11 is 5.62. The summed E-state index contributed by atoms with van der Waals surface area (Å²) in [6.45, 7) is 0. The van der Waals surface area contributed by atoms with Crippen LogP contribution < -0.4 is 5.46 Å². The van der Waals surface area contributed by atoms with Gasteiger partial charge in [-0.15, -0.1) is 0 Å². The van der Waals surface area contributed by atoms with Crippen LogP contribution in [0, 0.1) is 11.3 Å². The fourth-order valence-corrected chi connectivity index (χ4v) is 0.949. The van der Waals surface area contributed by atoms with Crippen molar-refractivity contribution in [1.29, 1.82) is 5.26 Å². The van der Waals surface area contributed by atoms with Crippen LogP contribution in [0.5, 0.6) is 0 Å². The third kappa shape index (κ3) is 1.77. The van der Waals surface area contributed by atoms with Crippen LogP contribution in [-0.2, 0) is 0 Å². The quantitative estimate of drug-likeness (QED) is 0.594. The zero-order chi connectivity index (χ0) is 9.14. The van der Waals surface area contributed by atoms with Crippen molar-refractivity contribution in [3.05, 3.63) is 28.8 Å². The topological polar surface area (TPSA) is 64.2 Å². The van der Waals surface area contributed by atoms with Crippen molar-refractivity contribution in [2.75, 3.05) is 0 Å². The van der Waals surface area contributed by atoms with E-state index in [2.05, 4.69) is 0 Å². The summed E-state index contributed by atoms with van der Waals surface area (Å²) in [6, 6.07) is 6.08. The lowest BCUT2D eigenvalue weighted by molar-refractivity contribution is 0.426. The van der Waals surface area contributed by atoms with Crippen molar-refractivity contribution in [2.24, 2.45) is 0 Å². The van der Waals surface area contributed by atoms with Gasteiger partial charge in [-0.25, -0.2) is 0 Å². The number of halogens is 1. The maximum absolute atomic E-state index is 8.74. The Morgan fingerprint density at radius 3 is 2.58 bits per heavy atom. The molecule has 0 aliphatic heterocycles. The molecule has 0 unspecified atom stereocenters. The lowest BCUT2D eigenvalue weighted by Crippen LogP contribution is -2.29. The maximum atomic E-state index is 8.74. The zero-order valence-corrected chi connectivity index (χ0v) is 6.78. The lowest BCUT2D eigenvalue weighted by atomic mass is 9.80. The van der Waals surface area contributed by atoms with Gasteiger partial charge in [0.15, 0.2) is 0 Å². The van der Waals surface area contributed by atoms with Gasteiger partial charge < -0.3 is 10.0 Å². The molecular weight excluding hydrogens is 176 g/mol. The predicted molar refractivity (Wildman–Crippen MR) is 46.0 cm³/mol. The SMILES string of the molecule is N#Cc1cc(B(O)O)ccc1Cl. The molecule has 0 saturated heterocycles. The number of nitriles is 1. The van der Waals surface area contributed by atoms with Gasteiger partial charge in [-0.1, -0.05) is 17.7 Å². The Kier molecular flexibility index (Phi) is 2.72. The number of hydrogen-bond acceptors (Lipinski definition) is 3. The van der Waals surface area contributed by atoms with Gasteiger partial charge in [-0.05, 0) is 17.6 Å². The van der Waals surface area contributed by atoms with Crippen LogP contribution in [0.1, 0.15) is 5.56 Å². The Morgan fingerprint density at radius 1 is 1.42 bits per heavy atom. The van der Waals surface area contributed by atoms with Gasteiger partial charge in [0.05, 0.1) is 10.6 Å². The highest BCUT2D eigenvalue weighted by atomic mass is 35.5. The first-order chi connectivity index (χ1) is 5.65. The molecule has 0 aromatic heterocycles. The Bertz CT molecular complexity index is 335. The molecule has 12 heavy (non-hydrogen) atoms. The maximum Gasteiger partial charge on any atom is 0.488 e. The monoisotopic (exact) mass is 181 g/mol. The molecule has 60 valence electrons. The van der Waals surface area contributed by atoms with Gasteiger partial charge in [0.2, 0.25) is 0 Å². The van der Waals surface area contributed by atoms with E-state index in [0.29, 0.717) is 5.02 Å². The van der Waals surface area contributed by atoms with Crippen LogP contribution in [0.4, 0.5) is 0 Å². The van der Waals surface area contributed by atoms with E-state index < -0.39 is 7.12 Å². The van der Waals surface area contributed by atoms with Crippen LogP contribution in [0.15, 0.2) is 18.2 Å². The highest BCUT2D eigenvalue weighted by Gasteiger charge is 2.12. The summed E-state index contributed by atoms with van der Waals surface area (Å²) in [5, 5.41) is 26.3. The van der Waals surface area contributed by atoms with Crippen LogP contribution in [0.2, 0.25) is 5.02 Å². The fraction of sp³-hybridized carbons (Fsp3) is 0. The smallest absolute Gasteiger partial charge is 0.423 e. The normalized spacial score (nSPS) is 9.17. The van der Waals surface area contributed by atoms with Gasteiger partial charge in [0.25, 0.3) is 0 Å². The molecule has 0 aliphatic carbocycles. The number of benzene rings is 1. The summed E-state index contributed by atoms with van der Waals surface area (Å²) in [7, 11) is -1.56. The van der Waals surface area contributed by atoms with E-state index in [0.717, 1.165) is 0 Å². The Hall–Kier alpha value is -1.02. The molecule has 0 bridgehead atoms. The number of rotatable bonds is 1. The Labute approximate surface area is 75.0 Å². The molecule has 1 rings (SSSR count). The Morgan fingerprint density at radius 2 is 2.08 bits per heavy atom. The molecular formula is C7H5BClNO2. The average Bonchev–Trinajstić information content (AvgIpc) is 2.05. The molecule has 0 fully saturated rings. The molecule has 3 nitrogen and oxygen atoms in total. The van der Waals surface area contributed by atoms with Crippen molar-refractivity contribution in [3.63, 3.8) is 0 Å². The predicted octanol–water partition coefficient (Wildman–Crippen LogP) is -0.109. The molecule has 2 N–H and O–H groups in total. The molecule has 0 radical (unpaired) electrons. The van der Waals surface area contributed by atoms with E-state index in [-0.39, 0.29) is 11.0 Å². The van der Waals surface area contributed by atoms with E-state index in [1.807, 2.05) is 6.07 Å². The molecule has 0 heterocycles. The third-order valence-electron chi connectivity index (χ3n) is 1.41. The summed E-state index contributed by atoms with van der Waals surface area (Å²) in [5.74, 6) is 0. The van der Waals surface area contributed by atoms with Gasteiger partial charge in [-0.3, -0.25) is 0 Å². The van der Waals surface area contributed by atoms with E-state index in [4.69, 9.17) is 26.9 Å². The van der Waals surface area contributed by atoms with Crippen molar-refractivity contribution in [2.45, 2.75) is 0 Å². The number of nitrogens with zero attached hydrogens (tertiary/aromatic N) is 1. The van der Waals surface area contributed by atoms with Crippen molar-refractivity contribution >= 4 is 24.2 Å². The first-order valence-corrected chi connectivity index (χ1v) is 3.58. The largest absolute Gasteiger partial charge is 0.488 e. The molecule has 0 spiro atoms. The molecule has 1 aromatic carbocycles. The van der Waals surface area contributed by atoms with Crippen molar-refractivity contribution in [3.8, 4) is 6.07 Å². The zero-order valence-electron chi connectivity index (χ0n) is 6.03. The standard InChI is InChI=1S/C7H5BClNO2/c9-7-2-1-6(8(11)12)3-5(7)4-10/h1-3,11-12H. The van der Waals surface area contributed by atoms with Crippen molar-refractivity contribution < 1.29 is 10.0 Å². The number of hydrogen-bond donors (Lipinski definition) is 2. The minimum Gasteiger partial charge on any atom is -0.423 e. The highest BCUT2D eigenvalue weighted by Crippen LogP contribution is 2.11. The first kappa shape index (κ1) is 9.08. The lowest BCUT2D eigenvalue weighted by Gasteiger charge is -1.99. The van der Waals surface area contributed by atoms with Gasteiger partial charge in [0.1, 0.15) is 6.07 Å². The molecule has 5 heteroatoms.